The van der Waals surface area contributed by atoms with Gasteiger partial charge in [0, 0.05) is 42.9 Å². The number of amides is 1. The molecule has 2 N–H and O–H groups in total. The maximum atomic E-state index is 12.7. The number of rotatable bonds is 7. The minimum absolute atomic E-state index is 0.153. The van der Waals surface area contributed by atoms with E-state index < -0.39 is 0 Å². The molecule has 158 valence electrons. The molecule has 1 amide bonds. The molecule has 0 saturated carbocycles. The first-order chi connectivity index (χ1) is 14.7. The van der Waals surface area contributed by atoms with E-state index in [1.54, 1.807) is 37.6 Å². The second kappa shape index (κ2) is 9.13. The molecular weight excluding hydrogens is 380 g/mol. The predicted molar refractivity (Wildman–Crippen MR) is 115 cm³/mol. The van der Waals surface area contributed by atoms with Gasteiger partial charge in [-0.15, -0.1) is 0 Å². The zero-order chi connectivity index (χ0) is 20.9. The molecule has 0 aliphatic carbocycles. The Labute approximate surface area is 176 Å². The number of methoxy groups -OCH3 is 1. The molecule has 0 radical (unpaired) electrons. The van der Waals surface area contributed by atoms with Crippen LogP contribution in [0.1, 0.15) is 47.3 Å². The fourth-order valence-electron chi connectivity index (χ4n) is 4.00. The molecule has 2 aromatic heterocycles. The van der Waals surface area contributed by atoms with Crippen molar-refractivity contribution in [2.75, 3.05) is 25.5 Å². The van der Waals surface area contributed by atoms with E-state index in [1.165, 1.54) is 5.56 Å². The van der Waals surface area contributed by atoms with Gasteiger partial charge >= 0.3 is 0 Å². The highest BCUT2D eigenvalue weighted by molar-refractivity contribution is 6.04. The molecule has 1 aromatic carbocycles. The van der Waals surface area contributed by atoms with Crippen LogP contribution in [0.3, 0.4) is 0 Å². The number of carbonyl (C=O) groups excluding carboxylic acids is 1. The first-order valence-electron chi connectivity index (χ1n) is 10.4. The van der Waals surface area contributed by atoms with E-state index in [-0.39, 0.29) is 5.91 Å². The number of aromatic amines is 1. The lowest BCUT2D eigenvalue weighted by atomic mass is 9.93. The summed E-state index contributed by atoms with van der Waals surface area (Å²) in [4.78, 5) is 15.1. The highest BCUT2D eigenvalue weighted by atomic mass is 16.5. The lowest BCUT2D eigenvalue weighted by molar-refractivity contribution is 0.102. The van der Waals surface area contributed by atoms with Crippen LogP contribution in [0.4, 0.5) is 5.69 Å². The van der Waals surface area contributed by atoms with E-state index in [9.17, 15) is 4.79 Å². The average Bonchev–Trinajstić information content (AvgIpc) is 3.43. The fourth-order valence-corrected chi connectivity index (χ4v) is 4.00. The highest BCUT2D eigenvalue weighted by Gasteiger charge is 2.25. The van der Waals surface area contributed by atoms with Gasteiger partial charge in [0.25, 0.3) is 5.91 Å². The number of benzene rings is 1. The van der Waals surface area contributed by atoms with Crippen LogP contribution in [-0.2, 0) is 13.1 Å². The first-order valence-corrected chi connectivity index (χ1v) is 10.4. The minimum Gasteiger partial charge on any atom is -0.497 e. The quantitative estimate of drug-likeness (QED) is 0.626. The summed E-state index contributed by atoms with van der Waals surface area (Å²) in [6.45, 7) is 5.85. The molecule has 8 heteroatoms. The van der Waals surface area contributed by atoms with Gasteiger partial charge in [-0.2, -0.15) is 10.2 Å². The molecule has 4 rings (SSSR count). The molecule has 3 aromatic rings. The third-order valence-corrected chi connectivity index (χ3v) is 5.60. The van der Waals surface area contributed by atoms with Crippen LogP contribution in [-0.4, -0.2) is 51.0 Å². The van der Waals surface area contributed by atoms with Crippen molar-refractivity contribution < 1.29 is 9.53 Å². The number of carbonyl (C=O) groups is 1. The Kier molecular flexibility index (Phi) is 6.13. The first kappa shape index (κ1) is 20.2. The summed E-state index contributed by atoms with van der Waals surface area (Å²) in [5.74, 6) is 0.871. The van der Waals surface area contributed by atoms with Crippen molar-refractivity contribution in [2.24, 2.45) is 0 Å². The number of nitrogens with one attached hydrogen (secondary N) is 2. The number of hydrogen-bond acceptors (Lipinski definition) is 5. The molecule has 1 unspecified atom stereocenters. The minimum atomic E-state index is -0.153. The zero-order valence-electron chi connectivity index (χ0n) is 17.5. The van der Waals surface area contributed by atoms with E-state index in [0.717, 1.165) is 56.2 Å². The molecular formula is C22H28N6O2. The number of anilines is 1. The number of hydrogen-bond donors (Lipinski definition) is 2. The third kappa shape index (κ3) is 4.54. The molecule has 1 atom stereocenters. The topological polar surface area (TPSA) is 88.1 Å². The lowest BCUT2D eigenvalue weighted by Crippen LogP contribution is -2.34. The van der Waals surface area contributed by atoms with Crippen molar-refractivity contribution >= 4 is 11.6 Å². The maximum Gasteiger partial charge on any atom is 0.255 e. The van der Waals surface area contributed by atoms with Crippen LogP contribution < -0.4 is 10.1 Å². The SMILES string of the molecule is CCn1cc(CN2CCCC(c3[nH]ncc3NC(=O)c3ccc(OC)cc3)C2)cn1. The Morgan fingerprint density at radius 2 is 2.13 bits per heavy atom. The lowest BCUT2D eigenvalue weighted by Gasteiger charge is -2.32. The summed E-state index contributed by atoms with van der Waals surface area (Å²) in [5.41, 5.74) is 3.56. The van der Waals surface area contributed by atoms with Gasteiger partial charge in [-0.1, -0.05) is 0 Å². The summed E-state index contributed by atoms with van der Waals surface area (Å²) in [6, 6.07) is 7.08. The molecule has 1 aliphatic rings. The molecule has 8 nitrogen and oxygen atoms in total. The van der Waals surface area contributed by atoms with Crippen LogP contribution in [0, 0.1) is 0 Å². The Balaban J connectivity index is 1.41. The van der Waals surface area contributed by atoms with Gasteiger partial charge in [0.2, 0.25) is 0 Å². The number of ether oxygens (including phenoxy) is 1. The molecule has 30 heavy (non-hydrogen) atoms. The Hall–Kier alpha value is -3.13. The second-order valence-corrected chi connectivity index (χ2v) is 7.66. The van der Waals surface area contributed by atoms with Crippen molar-refractivity contribution in [3.8, 4) is 5.75 Å². The number of piperidine rings is 1. The standard InChI is InChI=1S/C22H28N6O2/c1-3-28-14-16(11-24-28)13-27-10-4-5-18(15-27)21-20(12-23-26-21)25-22(29)17-6-8-19(30-2)9-7-17/h6-9,11-12,14,18H,3-5,10,13,15H2,1-2H3,(H,23,26)(H,25,29). The Bertz CT molecular complexity index is 978. The van der Waals surface area contributed by atoms with Crippen molar-refractivity contribution in [3.05, 3.63) is 59.7 Å². The molecule has 1 fully saturated rings. The van der Waals surface area contributed by atoms with Gasteiger partial charge in [0.05, 0.1) is 30.9 Å². The van der Waals surface area contributed by atoms with E-state index >= 15 is 0 Å². The zero-order valence-corrected chi connectivity index (χ0v) is 17.5. The Morgan fingerprint density at radius 1 is 1.30 bits per heavy atom. The van der Waals surface area contributed by atoms with E-state index in [1.807, 2.05) is 10.9 Å². The van der Waals surface area contributed by atoms with Crippen molar-refractivity contribution in [2.45, 2.75) is 38.8 Å². The van der Waals surface area contributed by atoms with Gasteiger partial charge in [-0.3, -0.25) is 19.5 Å². The van der Waals surface area contributed by atoms with Crippen molar-refractivity contribution in [3.63, 3.8) is 0 Å². The number of aromatic nitrogens is 4. The van der Waals surface area contributed by atoms with Crippen LogP contribution >= 0.6 is 0 Å². The predicted octanol–water partition coefficient (Wildman–Crippen LogP) is 3.27. The van der Waals surface area contributed by atoms with Crippen LogP contribution in [0.5, 0.6) is 5.75 Å². The van der Waals surface area contributed by atoms with Gasteiger partial charge in [0.15, 0.2) is 0 Å². The molecule has 1 saturated heterocycles. The number of likely N-dealkylation sites (tertiary alicyclic amines) is 1. The number of H-pyrrole nitrogens is 1. The van der Waals surface area contributed by atoms with Gasteiger partial charge in [0.1, 0.15) is 5.75 Å². The largest absolute Gasteiger partial charge is 0.497 e. The van der Waals surface area contributed by atoms with Crippen LogP contribution in [0.25, 0.3) is 0 Å². The molecule has 3 heterocycles. The summed E-state index contributed by atoms with van der Waals surface area (Å²) >= 11 is 0. The van der Waals surface area contributed by atoms with Gasteiger partial charge in [-0.25, -0.2) is 0 Å². The molecule has 0 spiro atoms. The average molecular weight is 409 g/mol. The van der Waals surface area contributed by atoms with Gasteiger partial charge in [-0.05, 0) is 50.6 Å². The maximum absolute atomic E-state index is 12.7. The molecule has 0 bridgehead atoms. The van der Waals surface area contributed by atoms with Crippen molar-refractivity contribution in [1.29, 1.82) is 0 Å². The summed E-state index contributed by atoms with van der Waals surface area (Å²) < 4.78 is 7.11. The fraction of sp³-hybridized carbons (Fsp3) is 0.409. The summed E-state index contributed by atoms with van der Waals surface area (Å²) in [5, 5.41) is 14.7. The smallest absolute Gasteiger partial charge is 0.255 e. The number of nitrogens with zero attached hydrogens (tertiary/aromatic N) is 4. The molecule has 1 aliphatic heterocycles. The van der Waals surface area contributed by atoms with E-state index in [0.29, 0.717) is 11.5 Å². The van der Waals surface area contributed by atoms with Crippen LogP contribution in [0.15, 0.2) is 42.9 Å². The summed E-state index contributed by atoms with van der Waals surface area (Å²) in [7, 11) is 1.61. The van der Waals surface area contributed by atoms with Crippen LogP contribution in [0.2, 0.25) is 0 Å². The van der Waals surface area contributed by atoms with Crippen molar-refractivity contribution in [1.82, 2.24) is 24.9 Å². The second-order valence-electron chi connectivity index (χ2n) is 7.66. The summed E-state index contributed by atoms with van der Waals surface area (Å²) in [6.07, 6.45) is 7.93. The van der Waals surface area contributed by atoms with E-state index in [4.69, 9.17) is 4.74 Å². The number of aryl methyl sites for hydroxylation is 1. The monoisotopic (exact) mass is 408 g/mol. The normalized spacial score (nSPS) is 17.1. The van der Waals surface area contributed by atoms with Gasteiger partial charge < -0.3 is 10.1 Å². The third-order valence-electron chi connectivity index (χ3n) is 5.60. The highest BCUT2D eigenvalue weighted by Crippen LogP contribution is 2.31. The van der Waals surface area contributed by atoms with E-state index in [2.05, 4.69) is 38.6 Å². The Morgan fingerprint density at radius 3 is 2.87 bits per heavy atom.